The molecule has 2 amide bonds. The molecule has 0 bridgehead atoms. The summed E-state index contributed by atoms with van der Waals surface area (Å²) in [5.74, 6) is -3.20. The minimum absolute atomic E-state index is 0.0867. The van der Waals surface area contributed by atoms with Crippen molar-refractivity contribution in [3.63, 3.8) is 0 Å². The average molecular weight is 412 g/mol. The number of carbonyl (C=O) groups excluding carboxylic acids is 2. The SMILES string of the molecule is CNC(=O)c1cc(C(=O)NC2C3CC(F)(F)CC32)cc2c1OCC2c1ccccc1. The molecule has 5 nitrogen and oxygen atoms in total. The molecule has 5 rings (SSSR count). The Labute approximate surface area is 172 Å². The molecule has 2 aromatic rings. The number of hydrogen-bond donors (Lipinski definition) is 2. The van der Waals surface area contributed by atoms with E-state index in [0.29, 0.717) is 23.5 Å². The highest BCUT2D eigenvalue weighted by molar-refractivity contribution is 6.02. The van der Waals surface area contributed by atoms with Crippen LogP contribution < -0.4 is 15.4 Å². The smallest absolute Gasteiger partial charge is 0.254 e. The minimum atomic E-state index is -2.61. The zero-order valence-electron chi connectivity index (χ0n) is 16.5. The van der Waals surface area contributed by atoms with Gasteiger partial charge < -0.3 is 15.4 Å². The molecule has 0 aromatic heterocycles. The number of ether oxygens (including phenoxy) is 1. The van der Waals surface area contributed by atoms with Gasteiger partial charge in [-0.05, 0) is 29.5 Å². The number of hydrogen-bond acceptors (Lipinski definition) is 3. The fourth-order valence-electron chi connectivity index (χ4n) is 4.95. The molecule has 1 aliphatic heterocycles. The second kappa shape index (κ2) is 6.79. The lowest BCUT2D eigenvalue weighted by Gasteiger charge is -2.15. The van der Waals surface area contributed by atoms with Gasteiger partial charge >= 0.3 is 0 Å². The van der Waals surface area contributed by atoms with Gasteiger partial charge in [0.15, 0.2) is 0 Å². The third-order valence-electron chi connectivity index (χ3n) is 6.52. The third-order valence-corrected chi connectivity index (χ3v) is 6.52. The number of halogens is 2. The fraction of sp³-hybridized carbons (Fsp3) is 0.391. The number of fused-ring (bicyclic) bond motifs is 2. The molecule has 1 heterocycles. The summed E-state index contributed by atoms with van der Waals surface area (Å²) in [6.45, 7) is 0.385. The highest BCUT2D eigenvalue weighted by Crippen LogP contribution is 2.58. The van der Waals surface area contributed by atoms with Gasteiger partial charge in [-0.3, -0.25) is 9.59 Å². The summed E-state index contributed by atoms with van der Waals surface area (Å²) in [6.07, 6.45) is -0.333. The van der Waals surface area contributed by atoms with E-state index in [2.05, 4.69) is 10.6 Å². The first-order valence-corrected chi connectivity index (χ1v) is 10.1. The standard InChI is InChI=1S/C23H22F2N2O3/c1-26-22(29)15-8-13(21(28)27-19-16-9-23(24,25)10-17(16)19)7-14-18(11-30-20(14)15)12-5-3-2-4-6-12/h2-8,16-19H,9-11H2,1H3,(H,26,29)(H,27,28). The van der Waals surface area contributed by atoms with E-state index in [1.807, 2.05) is 30.3 Å². The summed E-state index contributed by atoms with van der Waals surface area (Å²) in [5, 5.41) is 5.49. The molecular formula is C23H22F2N2O3. The molecule has 3 aliphatic rings. The number of carbonyl (C=O) groups is 2. The lowest BCUT2D eigenvalue weighted by atomic mass is 9.90. The maximum atomic E-state index is 13.4. The van der Waals surface area contributed by atoms with Gasteiger partial charge in [0.1, 0.15) is 5.75 Å². The molecule has 0 radical (unpaired) electrons. The van der Waals surface area contributed by atoms with Gasteiger partial charge in [-0.25, -0.2) is 8.78 Å². The Morgan fingerprint density at radius 2 is 1.77 bits per heavy atom. The Hall–Kier alpha value is -2.96. The zero-order valence-corrected chi connectivity index (χ0v) is 16.5. The van der Waals surface area contributed by atoms with E-state index < -0.39 is 5.92 Å². The van der Waals surface area contributed by atoms with E-state index in [4.69, 9.17) is 4.74 Å². The van der Waals surface area contributed by atoms with E-state index in [1.54, 1.807) is 6.07 Å². The lowest BCUT2D eigenvalue weighted by molar-refractivity contribution is -0.00623. The number of benzene rings is 2. The minimum Gasteiger partial charge on any atom is -0.491 e. The van der Waals surface area contributed by atoms with Crippen LogP contribution in [0.15, 0.2) is 42.5 Å². The number of nitrogens with one attached hydrogen (secondary N) is 2. The normalized spacial score (nSPS) is 27.6. The second-order valence-corrected chi connectivity index (χ2v) is 8.39. The second-order valence-electron chi connectivity index (χ2n) is 8.39. The summed E-state index contributed by atoms with van der Waals surface area (Å²) >= 11 is 0. The van der Waals surface area contributed by atoms with Gasteiger partial charge in [-0.15, -0.1) is 0 Å². The van der Waals surface area contributed by atoms with Gasteiger partial charge in [-0.2, -0.15) is 0 Å². The third kappa shape index (κ3) is 3.13. The summed E-state index contributed by atoms with van der Waals surface area (Å²) in [6, 6.07) is 12.8. The van der Waals surface area contributed by atoms with Crippen LogP contribution in [-0.2, 0) is 0 Å². The molecular weight excluding hydrogens is 390 g/mol. The van der Waals surface area contributed by atoms with Crippen molar-refractivity contribution >= 4 is 11.8 Å². The monoisotopic (exact) mass is 412 g/mol. The average Bonchev–Trinajstić information content (AvgIpc) is 3.09. The first-order valence-electron chi connectivity index (χ1n) is 10.1. The molecule has 0 spiro atoms. The first-order chi connectivity index (χ1) is 14.4. The molecule has 156 valence electrons. The summed E-state index contributed by atoms with van der Waals surface area (Å²) in [4.78, 5) is 25.4. The van der Waals surface area contributed by atoms with Crippen LogP contribution in [0.1, 0.15) is 50.6 Å². The Balaban J connectivity index is 1.45. The number of amides is 2. The molecule has 2 fully saturated rings. The van der Waals surface area contributed by atoms with Crippen molar-refractivity contribution in [3.8, 4) is 5.75 Å². The van der Waals surface area contributed by atoms with E-state index >= 15 is 0 Å². The molecule has 3 unspecified atom stereocenters. The van der Waals surface area contributed by atoms with Crippen LogP contribution in [0.25, 0.3) is 0 Å². The lowest BCUT2D eigenvalue weighted by Crippen LogP contribution is -2.31. The Morgan fingerprint density at radius 1 is 1.07 bits per heavy atom. The van der Waals surface area contributed by atoms with E-state index in [-0.39, 0.29) is 48.5 Å². The fourth-order valence-corrected chi connectivity index (χ4v) is 4.95. The summed E-state index contributed by atoms with van der Waals surface area (Å²) in [5.41, 5.74) is 2.47. The van der Waals surface area contributed by atoms with Crippen molar-refractivity contribution in [3.05, 3.63) is 64.7 Å². The van der Waals surface area contributed by atoms with E-state index in [9.17, 15) is 18.4 Å². The summed E-state index contributed by atoms with van der Waals surface area (Å²) < 4.78 is 32.7. The zero-order chi connectivity index (χ0) is 21.0. The van der Waals surface area contributed by atoms with Gasteiger partial charge in [-0.1, -0.05) is 30.3 Å². The molecule has 2 saturated carbocycles. The predicted octanol–water partition coefficient (Wildman–Crippen LogP) is 3.34. The van der Waals surface area contributed by atoms with Gasteiger partial charge in [0, 0.05) is 43.0 Å². The molecule has 7 heteroatoms. The van der Waals surface area contributed by atoms with Crippen molar-refractivity contribution in [2.24, 2.45) is 11.8 Å². The molecule has 2 aromatic carbocycles. The molecule has 0 saturated heterocycles. The van der Waals surface area contributed by atoms with Crippen LogP contribution in [0.3, 0.4) is 0 Å². The topological polar surface area (TPSA) is 67.4 Å². The highest BCUT2D eigenvalue weighted by atomic mass is 19.3. The maximum Gasteiger partial charge on any atom is 0.254 e. The molecule has 3 atom stereocenters. The van der Waals surface area contributed by atoms with E-state index in [0.717, 1.165) is 11.1 Å². The Kier molecular flexibility index (Phi) is 4.31. The van der Waals surface area contributed by atoms with E-state index in [1.165, 1.54) is 13.1 Å². The van der Waals surface area contributed by atoms with Crippen LogP contribution in [0.2, 0.25) is 0 Å². The van der Waals surface area contributed by atoms with Crippen molar-refractivity contribution in [1.29, 1.82) is 0 Å². The first kappa shape index (κ1) is 19.0. The van der Waals surface area contributed by atoms with Crippen LogP contribution >= 0.6 is 0 Å². The van der Waals surface area contributed by atoms with Crippen molar-refractivity contribution in [1.82, 2.24) is 10.6 Å². The quantitative estimate of drug-likeness (QED) is 0.810. The number of alkyl halides is 2. The maximum absolute atomic E-state index is 13.4. The van der Waals surface area contributed by atoms with Crippen molar-refractivity contribution in [2.45, 2.75) is 30.7 Å². The van der Waals surface area contributed by atoms with Crippen LogP contribution in [0, 0.1) is 11.8 Å². The van der Waals surface area contributed by atoms with Gasteiger partial charge in [0.05, 0.1) is 12.2 Å². The van der Waals surface area contributed by atoms with Crippen LogP contribution in [0.5, 0.6) is 5.75 Å². The van der Waals surface area contributed by atoms with Gasteiger partial charge in [0.25, 0.3) is 11.8 Å². The Morgan fingerprint density at radius 3 is 2.43 bits per heavy atom. The number of rotatable bonds is 4. The highest BCUT2D eigenvalue weighted by Gasteiger charge is 2.63. The molecule has 2 aliphatic carbocycles. The van der Waals surface area contributed by atoms with Gasteiger partial charge in [0.2, 0.25) is 5.92 Å². The van der Waals surface area contributed by atoms with Crippen LogP contribution in [0.4, 0.5) is 8.78 Å². The van der Waals surface area contributed by atoms with Crippen LogP contribution in [-0.4, -0.2) is 37.4 Å². The predicted molar refractivity (Wildman–Crippen MR) is 106 cm³/mol. The van der Waals surface area contributed by atoms with Crippen molar-refractivity contribution in [2.75, 3.05) is 13.7 Å². The Bertz CT molecular complexity index is 1010. The molecule has 2 N–H and O–H groups in total. The largest absolute Gasteiger partial charge is 0.491 e. The van der Waals surface area contributed by atoms with Crippen molar-refractivity contribution < 1.29 is 23.1 Å². The summed E-state index contributed by atoms with van der Waals surface area (Å²) in [7, 11) is 1.52. The molecule has 30 heavy (non-hydrogen) atoms.